The van der Waals surface area contributed by atoms with Gasteiger partial charge in [0, 0.05) is 6.42 Å². The summed E-state index contributed by atoms with van der Waals surface area (Å²) in [6.07, 6.45) is 31.5. The maximum absolute atomic E-state index is 2.52. The second kappa shape index (κ2) is 19.2. The van der Waals surface area contributed by atoms with Gasteiger partial charge in [0.25, 0.3) is 5.82 Å². The Balaban J connectivity index is 1.91. The van der Waals surface area contributed by atoms with Crippen molar-refractivity contribution >= 4 is 0 Å². The van der Waals surface area contributed by atoms with E-state index in [0.29, 0.717) is 0 Å². The van der Waals surface area contributed by atoms with Gasteiger partial charge in [-0.3, -0.25) is 0 Å². The van der Waals surface area contributed by atoms with Crippen LogP contribution in [0.2, 0.25) is 0 Å². The van der Waals surface area contributed by atoms with Gasteiger partial charge in [0.2, 0.25) is 0 Å². The molecule has 0 N–H and O–H groups in total. The second-order valence-electron chi connectivity index (χ2n) is 9.10. The van der Waals surface area contributed by atoms with E-state index in [1.54, 1.807) is 0 Å². The summed E-state index contributed by atoms with van der Waals surface area (Å²) in [5, 5.41) is 0. The minimum Gasteiger partial charge on any atom is -0.235 e. The maximum atomic E-state index is 2.52. The van der Waals surface area contributed by atoms with Crippen LogP contribution in [0, 0.1) is 0 Å². The number of rotatable bonds is 21. The van der Waals surface area contributed by atoms with Crippen LogP contribution in [0.15, 0.2) is 12.4 Å². The predicted octanol–water partition coefficient (Wildman–Crippen LogP) is 8.40. The highest BCUT2D eigenvalue weighted by Crippen LogP contribution is 2.13. The van der Waals surface area contributed by atoms with Crippen molar-refractivity contribution in [2.24, 2.45) is 0 Å². The Morgan fingerprint density at radius 2 is 1.03 bits per heavy atom. The molecule has 1 aromatic rings. The third-order valence-corrected chi connectivity index (χ3v) is 6.44. The van der Waals surface area contributed by atoms with E-state index in [9.17, 15) is 0 Å². The molecule has 0 bridgehead atoms. The van der Waals surface area contributed by atoms with E-state index in [2.05, 4.69) is 42.3 Å². The zero-order chi connectivity index (χ0) is 21.0. The van der Waals surface area contributed by atoms with Crippen LogP contribution in [0.5, 0.6) is 0 Å². The molecule has 2 nitrogen and oxygen atoms in total. The van der Waals surface area contributed by atoms with Crippen molar-refractivity contribution in [1.82, 2.24) is 4.57 Å². The standard InChI is InChI=1S/C27H53N2/c1-4-7-9-10-11-12-13-14-15-16-17-18-19-20-21-22-24-29-26-25-28(6-3)27(29)23-8-5-2/h25-26H,4-24H2,1-3H3/q+1. The zero-order valence-corrected chi connectivity index (χ0v) is 20.4. The van der Waals surface area contributed by atoms with Gasteiger partial charge in [-0.1, -0.05) is 110 Å². The van der Waals surface area contributed by atoms with Gasteiger partial charge < -0.3 is 0 Å². The Hall–Kier alpha value is -0.790. The summed E-state index contributed by atoms with van der Waals surface area (Å²) in [5.74, 6) is 1.54. The minimum atomic E-state index is 1.10. The SMILES string of the molecule is CCCCCCCCCCCCCCCCCC[n+]1ccn(CC)c1CCCC. The van der Waals surface area contributed by atoms with E-state index >= 15 is 0 Å². The molecule has 1 heterocycles. The molecule has 29 heavy (non-hydrogen) atoms. The molecule has 0 radical (unpaired) electrons. The number of aromatic nitrogens is 2. The van der Waals surface area contributed by atoms with Crippen LogP contribution in [0.1, 0.15) is 142 Å². The molecule has 0 amide bonds. The van der Waals surface area contributed by atoms with Gasteiger partial charge in [-0.25, -0.2) is 9.13 Å². The highest BCUT2D eigenvalue weighted by atomic mass is 15.1. The largest absolute Gasteiger partial charge is 0.256 e. The average Bonchev–Trinajstić information content (AvgIpc) is 3.13. The van der Waals surface area contributed by atoms with Crippen LogP contribution in [-0.2, 0) is 19.5 Å². The number of hydrogen-bond donors (Lipinski definition) is 0. The van der Waals surface area contributed by atoms with Crippen LogP contribution in [0.3, 0.4) is 0 Å². The Morgan fingerprint density at radius 3 is 1.48 bits per heavy atom. The smallest absolute Gasteiger partial charge is 0.235 e. The lowest BCUT2D eigenvalue weighted by Crippen LogP contribution is -2.37. The van der Waals surface area contributed by atoms with Gasteiger partial charge in [-0.15, -0.1) is 0 Å². The van der Waals surface area contributed by atoms with Crippen molar-refractivity contribution in [3.8, 4) is 0 Å². The molecule has 0 saturated heterocycles. The van der Waals surface area contributed by atoms with Gasteiger partial charge >= 0.3 is 0 Å². The highest BCUT2D eigenvalue weighted by Gasteiger charge is 2.14. The number of hydrogen-bond acceptors (Lipinski definition) is 0. The summed E-state index contributed by atoms with van der Waals surface area (Å²) in [7, 11) is 0. The summed E-state index contributed by atoms with van der Waals surface area (Å²) in [6, 6.07) is 0. The van der Waals surface area contributed by atoms with E-state index in [0.717, 1.165) is 6.54 Å². The summed E-state index contributed by atoms with van der Waals surface area (Å²) in [6.45, 7) is 9.16. The molecule has 0 unspecified atom stereocenters. The first-order chi connectivity index (χ1) is 14.3. The molecule has 2 heteroatoms. The molecule has 1 rings (SSSR count). The minimum absolute atomic E-state index is 1.10. The fourth-order valence-electron chi connectivity index (χ4n) is 4.44. The van der Waals surface area contributed by atoms with Crippen LogP contribution < -0.4 is 4.57 Å². The molecule has 170 valence electrons. The quantitative estimate of drug-likeness (QED) is 0.143. The fourth-order valence-corrected chi connectivity index (χ4v) is 4.44. The topological polar surface area (TPSA) is 8.81 Å². The van der Waals surface area contributed by atoms with Crippen LogP contribution in [-0.4, -0.2) is 4.57 Å². The Kier molecular flexibility index (Phi) is 17.4. The Labute approximate surface area is 183 Å². The molecule has 0 aliphatic heterocycles. The number of unbranched alkanes of at least 4 members (excludes halogenated alkanes) is 16. The van der Waals surface area contributed by atoms with E-state index in [1.165, 1.54) is 134 Å². The fraction of sp³-hybridized carbons (Fsp3) is 0.889. The van der Waals surface area contributed by atoms with Crippen LogP contribution in [0.25, 0.3) is 0 Å². The molecule has 0 aromatic carbocycles. The van der Waals surface area contributed by atoms with Crippen LogP contribution in [0.4, 0.5) is 0 Å². The van der Waals surface area contributed by atoms with E-state index in [-0.39, 0.29) is 0 Å². The normalized spacial score (nSPS) is 11.4. The first-order valence-corrected chi connectivity index (χ1v) is 13.4. The number of aryl methyl sites for hydroxylation is 2. The first kappa shape index (κ1) is 26.2. The van der Waals surface area contributed by atoms with E-state index in [1.807, 2.05) is 0 Å². The van der Waals surface area contributed by atoms with Crippen molar-refractivity contribution in [2.45, 2.75) is 156 Å². The number of imidazole rings is 1. The molecule has 0 aliphatic rings. The molecular weight excluding hydrogens is 352 g/mol. The van der Waals surface area contributed by atoms with Gasteiger partial charge in [0.15, 0.2) is 0 Å². The van der Waals surface area contributed by atoms with Gasteiger partial charge in [-0.2, -0.15) is 0 Å². The molecule has 0 saturated carbocycles. The molecular formula is C27H53N2+. The summed E-state index contributed by atoms with van der Waals surface area (Å²) < 4.78 is 4.95. The van der Waals surface area contributed by atoms with Gasteiger partial charge in [0.1, 0.15) is 12.4 Å². The second-order valence-corrected chi connectivity index (χ2v) is 9.10. The molecule has 0 aliphatic carbocycles. The third-order valence-electron chi connectivity index (χ3n) is 6.44. The predicted molar refractivity (Wildman–Crippen MR) is 128 cm³/mol. The lowest BCUT2D eigenvalue weighted by atomic mass is 10.0. The van der Waals surface area contributed by atoms with Crippen molar-refractivity contribution in [3.05, 3.63) is 18.2 Å². The van der Waals surface area contributed by atoms with Gasteiger partial charge in [-0.05, 0) is 26.2 Å². The molecule has 0 spiro atoms. The Bertz CT molecular complexity index is 463. The zero-order valence-electron chi connectivity index (χ0n) is 20.4. The van der Waals surface area contributed by atoms with Crippen molar-refractivity contribution < 1.29 is 4.57 Å². The Morgan fingerprint density at radius 1 is 0.586 bits per heavy atom. The first-order valence-electron chi connectivity index (χ1n) is 13.4. The molecule has 0 fully saturated rings. The third kappa shape index (κ3) is 13.2. The lowest BCUT2D eigenvalue weighted by molar-refractivity contribution is -0.704. The summed E-state index contributed by atoms with van der Waals surface area (Å²) >= 11 is 0. The summed E-state index contributed by atoms with van der Waals surface area (Å²) in [5.41, 5.74) is 0. The van der Waals surface area contributed by atoms with Gasteiger partial charge in [0.05, 0.1) is 13.1 Å². The summed E-state index contributed by atoms with van der Waals surface area (Å²) in [4.78, 5) is 0. The average molecular weight is 406 g/mol. The monoisotopic (exact) mass is 405 g/mol. The van der Waals surface area contributed by atoms with E-state index in [4.69, 9.17) is 0 Å². The van der Waals surface area contributed by atoms with Crippen LogP contribution >= 0.6 is 0 Å². The van der Waals surface area contributed by atoms with Crippen molar-refractivity contribution in [1.29, 1.82) is 0 Å². The number of nitrogens with zero attached hydrogens (tertiary/aromatic N) is 2. The highest BCUT2D eigenvalue weighted by molar-refractivity contribution is 4.83. The van der Waals surface area contributed by atoms with Crippen molar-refractivity contribution in [3.63, 3.8) is 0 Å². The molecule has 1 aromatic heterocycles. The maximum Gasteiger partial charge on any atom is 0.256 e. The lowest BCUT2D eigenvalue weighted by Gasteiger charge is -2.05. The van der Waals surface area contributed by atoms with Crippen molar-refractivity contribution in [2.75, 3.05) is 0 Å². The van der Waals surface area contributed by atoms with E-state index < -0.39 is 0 Å². The molecule has 0 atom stereocenters.